The van der Waals surface area contributed by atoms with E-state index in [2.05, 4.69) is 72.7 Å². The molecular formula is C19H31Cl3SiTi. The fourth-order valence-corrected chi connectivity index (χ4v) is 7.48. The molecule has 1 aliphatic carbocycles. The van der Waals surface area contributed by atoms with E-state index in [9.17, 15) is 0 Å². The van der Waals surface area contributed by atoms with Crippen LogP contribution >= 0.6 is 37.2 Å². The normalized spacial score (nSPS) is 20.3. The molecule has 0 nitrogen and oxygen atoms in total. The molecule has 0 fully saturated rings. The number of rotatable bonds is 2. The molecule has 1 aromatic rings. The summed E-state index contributed by atoms with van der Waals surface area (Å²) < 4.78 is 3.41. The van der Waals surface area contributed by atoms with Gasteiger partial charge in [-0.2, -0.15) is 0 Å². The standard InChI is InChI=1S/C10H13.C9H15Si.3ClH.Ti/c1-10(2,3)9-7-5-4-6-8-9;1-6-5-9(4,10)8(3)7(6)2;;;;/h4-7H,1-3H3;1-4,10H3;3*1H;. The van der Waals surface area contributed by atoms with Crippen molar-refractivity contribution >= 4 is 51.3 Å². The van der Waals surface area contributed by atoms with E-state index in [0.29, 0.717) is 5.04 Å². The van der Waals surface area contributed by atoms with E-state index < -0.39 is 0 Å². The van der Waals surface area contributed by atoms with E-state index in [-0.39, 0.29) is 61.8 Å². The van der Waals surface area contributed by atoms with E-state index >= 15 is 0 Å². The minimum atomic E-state index is -0.237. The van der Waals surface area contributed by atoms with Gasteiger partial charge in [-0.15, -0.1) is 37.2 Å². The molecule has 5 heteroatoms. The van der Waals surface area contributed by atoms with E-state index in [1.807, 2.05) is 0 Å². The summed E-state index contributed by atoms with van der Waals surface area (Å²) in [5.74, 6) is 0. The molecule has 0 spiro atoms. The van der Waals surface area contributed by atoms with E-state index in [1.165, 1.54) is 10.2 Å². The van der Waals surface area contributed by atoms with Crippen LogP contribution in [0.3, 0.4) is 0 Å². The summed E-state index contributed by atoms with van der Waals surface area (Å²) in [6.07, 6.45) is 0. The Morgan fingerprint density at radius 3 is 1.83 bits per heavy atom. The maximum Gasteiger partial charge on any atom is -0.147 e. The molecule has 24 heavy (non-hydrogen) atoms. The van der Waals surface area contributed by atoms with Crippen LogP contribution in [0.2, 0.25) is 5.04 Å². The molecule has 0 saturated heterocycles. The van der Waals surface area contributed by atoms with Crippen LogP contribution in [0.5, 0.6) is 0 Å². The van der Waals surface area contributed by atoms with Crippen molar-refractivity contribution in [3.8, 4) is 0 Å². The van der Waals surface area contributed by atoms with Crippen LogP contribution in [-0.4, -0.2) is 10.2 Å². The largest absolute Gasteiger partial charge is 0.147 e. The maximum atomic E-state index is 2.47. The van der Waals surface area contributed by atoms with Gasteiger partial charge in [0.05, 0.1) is 0 Å². The van der Waals surface area contributed by atoms with Crippen LogP contribution < -0.4 is 3.87 Å². The average molecular weight is 442 g/mol. The second-order valence-corrected chi connectivity index (χ2v) is 11.8. The zero-order valence-corrected chi connectivity index (χ0v) is 22.0. The number of hydrogen-bond acceptors (Lipinski definition) is 0. The van der Waals surface area contributed by atoms with Crippen LogP contribution in [0.4, 0.5) is 0 Å². The number of halogens is 3. The maximum absolute atomic E-state index is 2.47. The van der Waals surface area contributed by atoms with Crippen molar-refractivity contribution in [3.05, 3.63) is 50.4 Å². The zero-order valence-electron chi connectivity index (χ0n) is 16.0. The van der Waals surface area contributed by atoms with Gasteiger partial charge in [-0.1, -0.05) is 0 Å². The third kappa shape index (κ3) is 5.02. The van der Waals surface area contributed by atoms with E-state index in [4.69, 9.17) is 0 Å². The predicted molar refractivity (Wildman–Crippen MR) is 116 cm³/mol. The van der Waals surface area contributed by atoms with Gasteiger partial charge < -0.3 is 0 Å². The molecule has 1 aliphatic rings. The first-order valence-electron chi connectivity index (χ1n) is 7.83. The second kappa shape index (κ2) is 9.44. The Balaban J connectivity index is 0. The summed E-state index contributed by atoms with van der Waals surface area (Å²) in [6, 6.07) is 9.12. The van der Waals surface area contributed by atoms with Crippen molar-refractivity contribution < 1.29 is 19.2 Å². The van der Waals surface area contributed by atoms with Crippen LogP contribution in [0.1, 0.15) is 54.0 Å². The first-order chi connectivity index (χ1) is 9.56. The zero-order chi connectivity index (χ0) is 16.0. The van der Waals surface area contributed by atoms with Crippen molar-refractivity contribution in [2.45, 2.75) is 58.9 Å². The summed E-state index contributed by atoms with van der Waals surface area (Å²) in [7, 11) is 1.22. The van der Waals surface area contributed by atoms with Crippen molar-refractivity contribution in [2.24, 2.45) is 0 Å². The molecule has 0 radical (unpaired) electrons. The van der Waals surface area contributed by atoms with Gasteiger partial charge in [-0.3, -0.25) is 0 Å². The van der Waals surface area contributed by atoms with Gasteiger partial charge in [0.25, 0.3) is 0 Å². The molecule has 0 aliphatic heterocycles. The fourth-order valence-electron chi connectivity index (χ4n) is 3.22. The Morgan fingerprint density at radius 2 is 1.42 bits per heavy atom. The Hall–Kier alpha value is 0.501. The molecule has 0 N–H and O–H groups in total. The molecule has 0 bridgehead atoms. The molecule has 1 unspecified atom stereocenters. The SMILES string of the molecule is CC1=C(C)C(C)([SiH3])[C]([Ti][c]2ccccc2C(C)(C)C)=C1C.Cl.Cl.Cl. The molecule has 136 valence electrons. The molecule has 0 aromatic heterocycles. The molecule has 2 rings (SSSR count). The summed E-state index contributed by atoms with van der Waals surface area (Å²) in [4.78, 5) is 0. The smallest absolute Gasteiger partial charge is 0.147 e. The molecule has 1 aromatic carbocycles. The van der Waals surface area contributed by atoms with Crippen LogP contribution in [0.15, 0.2) is 44.9 Å². The van der Waals surface area contributed by atoms with Crippen molar-refractivity contribution in [2.75, 3.05) is 0 Å². The monoisotopic (exact) mass is 440 g/mol. The number of allylic oxidation sites excluding steroid dienone is 4. The topological polar surface area (TPSA) is 0 Å². The molecule has 0 saturated carbocycles. The van der Waals surface area contributed by atoms with Crippen LogP contribution in [-0.2, 0) is 24.6 Å². The summed E-state index contributed by atoms with van der Waals surface area (Å²) in [6.45, 7) is 16.5. The van der Waals surface area contributed by atoms with E-state index in [1.54, 1.807) is 30.0 Å². The summed E-state index contributed by atoms with van der Waals surface area (Å²) >= 11 is -0.237. The predicted octanol–water partition coefficient (Wildman–Crippen LogP) is 5.13. The summed E-state index contributed by atoms with van der Waals surface area (Å²) in [5, 5.41) is 0.388. The van der Waals surface area contributed by atoms with Gasteiger partial charge in [0, 0.05) is 0 Å². The van der Waals surface area contributed by atoms with Gasteiger partial charge in [0.1, 0.15) is 0 Å². The van der Waals surface area contributed by atoms with Crippen LogP contribution in [0.25, 0.3) is 0 Å². The third-order valence-electron chi connectivity index (χ3n) is 5.06. The van der Waals surface area contributed by atoms with Gasteiger partial charge in [-0.25, -0.2) is 0 Å². The second-order valence-electron chi connectivity index (χ2n) is 7.80. The first-order valence-corrected chi connectivity index (χ1v) is 10.4. The Bertz CT molecular complexity index is 640. The average Bonchev–Trinajstić information content (AvgIpc) is 2.53. The fraction of sp³-hybridized carbons (Fsp3) is 0.474. The molecule has 0 amide bonds. The Labute approximate surface area is 178 Å². The van der Waals surface area contributed by atoms with Crippen LogP contribution in [0, 0.1) is 0 Å². The molecule has 0 heterocycles. The quantitative estimate of drug-likeness (QED) is 0.559. The van der Waals surface area contributed by atoms with Crippen molar-refractivity contribution in [3.63, 3.8) is 0 Å². The molecular weight excluding hydrogens is 411 g/mol. The van der Waals surface area contributed by atoms with Gasteiger partial charge in [-0.05, 0) is 0 Å². The Morgan fingerprint density at radius 1 is 0.917 bits per heavy atom. The van der Waals surface area contributed by atoms with E-state index in [0.717, 1.165) is 0 Å². The Kier molecular flexibility index (Phi) is 10.5. The van der Waals surface area contributed by atoms with Gasteiger partial charge in [0.15, 0.2) is 0 Å². The number of benzene rings is 1. The minimum absolute atomic E-state index is 0. The van der Waals surface area contributed by atoms with Crippen molar-refractivity contribution in [1.82, 2.24) is 0 Å². The first kappa shape index (κ1) is 26.7. The minimum Gasteiger partial charge on any atom is -0.147 e. The van der Waals surface area contributed by atoms with Crippen molar-refractivity contribution in [1.29, 1.82) is 0 Å². The van der Waals surface area contributed by atoms with Gasteiger partial charge >= 0.3 is 143 Å². The van der Waals surface area contributed by atoms with Gasteiger partial charge in [0.2, 0.25) is 0 Å². The third-order valence-corrected chi connectivity index (χ3v) is 10.1. The summed E-state index contributed by atoms with van der Waals surface area (Å²) in [5.41, 5.74) is 6.56. The number of hydrogen-bond donors (Lipinski definition) is 0. The molecule has 1 atom stereocenters.